The summed E-state index contributed by atoms with van der Waals surface area (Å²) in [6, 6.07) is 6.87. The van der Waals surface area contributed by atoms with Gasteiger partial charge in [-0.1, -0.05) is 18.6 Å². The molecule has 4 rings (SSSR count). The fourth-order valence-electron chi connectivity index (χ4n) is 4.31. The molecule has 2 aliphatic heterocycles. The van der Waals surface area contributed by atoms with Crippen LogP contribution in [0.15, 0.2) is 29.3 Å². The van der Waals surface area contributed by atoms with E-state index in [4.69, 9.17) is 0 Å². The summed E-state index contributed by atoms with van der Waals surface area (Å²) >= 11 is 0. The quantitative estimate of drug-likeness (QED) is 0.388. The second-order valence-electron chi connectivity index (χ2n) is 7.83. The Hall–Kier alpha value is -1.71. The largest absolute Gasteiger partial charge is 0.349 e. The van der Waals surface area contributed by atoms with Gasteiger partial charge in [-0.15, -0.1) is 34.2 Å². The van der Waals surface area contributed by atoms with Gasteiger partial charge in [0, 0.05) is 33.1 Å². The molecule has 0 amide bonds. The van der Waals surface area contributed by atoms with Gasteiger partial charge < -0.3 is 14.8 Å². The first-order valence-corrected chi connectivity index (χ1v) is 10.3. The number of benzene rings is 1. The first kappa shape index (κ1) is 22.0. The number of aliphatic imine (C=N–C) groups is 1. The Morgan fingerprint density at radius 2 is 2.00 bits per heavy atom. The number of nitrogens with one attached hydrogen (secondary N) is 1. The van der Waals surface area contributed by atoms with Crippen LogP contribution in [0, 0.1) is 11.7 Å². The minimum absolute atomic E-state index is 0. The lowest BCUT2D eigenvalue weighted by molar-refractivity contribution is 0.457. The second-order valence-corrected chi connectivity index (χ2v) is 7.83. The molecule has 2 aliphatic rings. The van der Waals surface area contributed by atoms with Crippen LogP contribution in [0.2, 0.25) is 0 Å². The molecule has 3 heterocycles. The molecule has 1 atom stereocenters. The van der Waals surface area contributed by atoms with Crippen LogP contribution in [0.4, 0.5) is 4.39 Å². The molecule has 6 nitrogen and oxygen atoms in total. The number of nitrogens with zero attached hydrogens (tertiary/aromatic N) is 5. The maximum atomic E-state index is 13.1. The van der Waals surface area contributed by atoms with Crippen molar-refractivity contribution in [1.82, 2.24) is 25.0 Å². The predicted molar refractivity (Wildman–Crippen MR) is 123 cm³/mol. The van der Waals surface area contributed by atoms with Crippen LogP contribution in [0.25, 0.3) is 0 Å². The monoisotopic (exact) mass is 512 g/mol. The van der Waals surface area contributed by atoms with Crippen molar-refractivity contribution in [3.05, 3.63) is 47.3 Å². The lowest BCUT2D eigenvalue weighted by Gasteiger charge is -2.21. The Balaban J connectivity index is 0.00000240. The van der Waals surface area contributed by atoms with Crippen molar-refractivity contribution in [2.24, 2.45) is 10.9 Å². The molecule has 1 fully saturated rings. The Labute approximate surface area is 189 Å². The molecule has 0 spiro atoms. The fourth-order valence-corrected chi connectivity index (χ4v) is 4.31. The van der Waals surface area contributed by atoms with Gasteiger partial charge in [-0.05, 0) is 49.3 Å². The molecule has 1 aromatic heterocycles. The summed E-state index contributed by atoms with van der Waals surface area (Å²) in [7, 11) is 1.83. The number of aryl methyl sites for hydroxylation is 1. The van der Waals surface area contributed by atoms with E-state index in [0.29, 0.717) is 12.5 Å². The summed E-state index contributed by atoms with van der Waals surface area (Å²) in [4.78, 5) is 6.79. The molecule has 0 radical (unpaired) electrons. The SMILES string of the molecule is CN=C(NCc1nnc2n1CCCCC2)N1CCC(Cc2ccc(F)cc2)C1.I. The van der Waals surface area contributed by atoms with Crippen LogP contribution in [0.5, 0.6) is 0 Å². The molecule has 0 aliphatic carbocycles. The Morgan fingerprint density at radius 3 is 2.79 bits per heavy atom. The third kappa shape index (κ3) is 5.46. The van der Waals surface area contributed by atoms with E-state index in [-0.39, 0.29) is 29.8 Å². The van der Waals surface area contributed by atoms with Gasteiger partial charge in [0.15, 0.2) is 11.8 Å². The van der Waals surface area contributed by atoms with Gasteiger partial charge in [0.25, 0.3) is 0 Å². The third-order valence-corrected chi connectivity index (χ3v) is 5.83. The first-order valence-electron chi connectivity index (χ1n) is 10.3. The van der Waals surface area contributed by atoms with E-state index in [1.807, 2.05) is 19.2 Å². The average Bonchev–Trinajstić information content (AvgIpc) is 3.25. The number of halogens is 2. The van der Waals surface area contributed by atoms with Gasteiger partial charge in [0.1, 0.15) is 11.6 Å². The molecule has 0 bridgehead atoms. The summed E-state index contributed by atoms with van der Waals surface area (Å²) < 4.78 is 15.4. The Kier molecular flexibility index (Phi) is 7.85. The number of fused-ring (bicyclic) bond motifs is 1. The lowest BCUT2D eigenvalue weighted by atomic mass is 9.99. The topological polar surface area (TPSA) is 58.3 Å². The van der Waals surface area contributed by atoms with Crippen molar-refractivity contribution >= 4 is 29.9 Å². The summed E-state index contributed by atoms with van der Waals surface area (Å²) in [5, 5.41) is 12.3. The highest BCUT2D eigenvalue weighted by molar-refractivity contribution is 14.0. The molecule has 1 unspecified atom stereocenters. The summed E-state index contributed by atoms with van der Waals surface area (Å²) in [6.07, 6.45) is 6.80. The summed E-state index contributed by atoms with van der Waals surface area (Å²) in [5.41, 5.74) is 1.20. The molecule has 158 valence electrons. The maximum absolute atomic E-state index is 13.1. The molecule has 8 heteroatoms. The number of guanidine groups is 1. The number of hydrogen-bond donors (Lipinski definition) is 1. The molecule has 0 saturated carbocycles. The standard InChI is InChI=1S/C21H29FN6.HI/c1-23-21(24-14-20-26-25-19-5-3-2-4-11-28(19)20)27-12-10-17(15-27)13-16-6-8-18(22)9-7-16;/h6-9,17H,2-5,10-15H2,1H3,(H,23,24);1H. The lowest BCUT2D eigenvalue weighted by Crippen LogP contribution is -2.40. The van der Waals surface area contributed by atoms with Crippen molar-refractivity contribution in [2.75, 3.05) is 20.1 Å². The van der Waals surface area contributed by atoms with E-state index in [9.17, 15) is 4.39 Å². The van der Waals surface area contributed by atoms with E-state index < -0.39 is 0 Å². The van der Waals surface area contributed by atoms with E-state index in [1.165, 1.54) is 24.8 Å². The van der Waals surface area contributed by atoms with Crippen LogP contribution in [-0.2, 0) is 25.9 Å². The molecule has 1 saturated heterocycles. The van der Waals surface area contributed by atoms with Gasteiger partial charge in [0.2, 0.25) is 0 Å². The minimum atomic E-state index is -0.173. The zero-order valence-corrected chi connectivity index (χ0v) is 19.3. The zero-order chi connectivity index (χ0) is 19.3. The predicted octanol–water partition coefficient (Wildman–Crippen LogP) is 3.40. The van der Waals surface area contributed by atoms with Crippen LogP contribution < -0.4 is 5.32 Å². The zero-order valence-electron chi connectivity index (χ0n) is 17.0. The highest BCUT2D eigenvalue weighted by atomic mass is 127. The highest BCUT2D eigenvalue weighted by Crippen LogP contribution is 2.21. The molecule has 1 aromatic carbocycles. The van der Waals surface area contributed by atoms with E-state index in [1.54, 1.807) is 12.1 Å². The normalized spacial score (nSPS) is 19.4. The van der Waals surface area contributed by atoms with Crippen molar-refractivity contribution in [3.63, 3.8) is 0 Å². The van der Waals surface area contributed by atoms with Crippen LogP contribution >= 0.6 is 24.0 Å². The molecule has 2 aromatic rings. The van der Waals surface area contributed by atoms with Crippen molar-refractivity contribution in [2.45, 2.75) is 51.6 Å². The number of aromatic nitrogens is 3. The summed E-state index contributed by atoms with van der Waals surface area (Å²) in [6.45, 7) is 3.62. The average molecular weight is 512 g/mol. The van der Waals surface area contributed by atoms with Crippen LogP contribution in [0.3, 0.4) is 0 Å². The van der Waals surface area contributed by atoms with E-state index in [0.717, 1.165) is 56.5 Å². The van der Waals surface area contributed by atoms with Gasteiger partial charge in [-0.3, -0.25) is 4.99 Å². The number of likely N-dealkylation sites (tertiary alicyclic amines) is 1. The van der Waals surface area contributed by atoms with Crippen molar-refractivity contribution in [1.29, 1.82) is 0 Å². The molecular weight excluding hydrogens is 482 g/mol. The number of hydrogen-bond acceptors (Lipinski definition) is 3. The second kappa shape index (κ2) is 10.4. The smallest absolute Gasteiger partial charge is 0.194 e. The molecular formula is C21H30FIN6. The first-order chi connectivity index (χ1) is 13.7. The molecule has 29 heavy (non-hydrogen) atoms. The van der Waals surface area contributed by atoms with Crippen LogP contribution in [0.1, 0.15) is 42.9 Å². The van der Waals surface area contributed by atoms with Gasteiger partial charge in [-0.2, -0.15) is 0 Å². The highest BCUT2D eigenvalue weighted by Gasteiger charge is 2.25. The van der Waals surface area contributed by atoms with Crippen molar-refractivity contribution < 1.29 is 4.39 Å². The maximum Gasteiger partial charge on any atom is 0.194 e. The van der Waals surface area contributed by atoms with Crippen molar-refractivity contribution in [3.8, 4) is 0 Å². The Morgan fingerprint density at radius 1 is 1.17 bits per heavy atom. The number of rotatable bonds is 4. The van der Waals surface area contributed by atoms with Crippen LogP contribution in [-0.4, -0.2) is 45.8 Å². The fraction of sp³-hybridized carbons (Fsp3) is 0.571. The van der Waals surface area contributed by atoms with E-state index >= 15 is 0 Å². The minimum Gasteiger partial charge on any atom is -0.349 e. The third-order valence-electron chi connectivity index (χ3n) is 5.83. The Bertz CT molecular complexity index is 819. The summed E-state index contributed by atoms with van der Waals surface area (Å²) in [5.74, 6) is 3.43. The van der Waals surface area contributed by atoms with E-state index in [2.05, 4.69) is 30.0 Å². The van der Waals surface area contributed by atoms with Gasteiger partial charge in [-0.25, -0.2) is 4.39 Å². The van der Waals surface area contributed by atoms with Gasteiger partial charge in [0.05, 0.1) is 6.54 Å². The van der Waals surface area contributed by atoms with Gasteiger partial charge >= 0.3 is 0 Å². The molecule has 1 N–H and O–H groups in total.